The van der Waals surface area contributed by atoms with Gasteiger partial charge in [0.05, 0.1) is 11.0 Å². The Balaban J connectivity index is 1.43. The fourth-order valence-corrected chi connectivity index (χ4v) is 3.56. The molecule has 6 heteroatoms. The molecule has 1 unspecified atom stereocenters. The average molecular weight is 337 g/mol. The summed E-state index contributed by atoms with van der Waals surface area (Å²) in [6.07, 6.45) is 6.22. The van der Waals surface area contributed by atoms with Crippen LogP contribution in [0.25, 0.3) is 11.0 Å². The van der Waals surface area contributed by atoms with Gasteiger partial charge in [0.25, 0.3) is 0 Å². The summed E-state index contributed by atoms with van der Waals surface area (Å²) in [6, 6.07) is 8.14. The van der Waals surface area contributed by atoms with Crippen molar-refractivity contribution in [3.05, 3.63) is 48.0 Å². The van der Waals surface area contributed by atoms with Crippen molar-refractivity contribution in [3.63, 3.8) is 0 Å². The van der Waals surface area contributed by atoms with E-state index in [-0.39, 0.29) is 11.8 Å². The number of aromatic nitrogens is 4. The third kappa shape index (κ3) is 3.43. The summed E-state index contributed by atoms with van der Waals surface area (Å²) < 4.78 is 1.81. The fraction of sp³-hybridized carbons (Fsp3) is 0.421. The molecule has 1 aliphatic heterocycles. The monoisotopic (exact) mass is 337 g/mol. The smallest absolute Gasteiger partial charge is 0.224 e. The Morgan fingerprint density at radius 3 is 3.16 bits per heavy atom. The first kappa shape index (κ1) is 15.9. The molecular formula is C19H23N5O. The molecule has 1 N–H and O–H groups in total. The standard InChI is InChI=1S/C19H23N5O/c1-14-5-6-16-17(12-14)22-19(21-16)15-4-2-9-23(13-15)18(25)7-11-24-10-3-8-20-24/h3,5-6,8,10,12,15H,2,4,7,9,11,13H2,1H3,(H,21,22). The van der Waals surface area contributed by atoms with Crippen molar-refractivity contribution in [2.45, 2.75) is 38.6 Å². The van der Waals surface area contributed by atoms with Crippen LogP contribution in [0.5, 0.6) is 0 Å². The van der Waals surface area contributed by atoms with E-state index >= 15 is 0 Å². The van der Waals surface area contributed by atoms with Gasteiger partial charge < -0.3 is 9.88 Å². The molecule has 3 heterocycles. The number of amides is 1. The van der Waals surface area contributed by atoms with Gasteiger partial charge in [-0.2, -0.15) is 5.10 Å². The second-order valence-electron chi connectivity index (χ2n) is 6.84. The molecule has 1 aliphatic rings. The second kappa shape index (κ2) is 6.70. The predicted molar refractivity (Wildman–Crippen MR) is 96.2 cm³/mol. The van der Waals surface area contributed by atoms with Gasteiger partial charge in [0, 0.05) is 44.4 Å². The van der Waals surface area contributed by atoms with Crippen molar-refractivity contribution in [2.24, 2.45) is 0 Å². The van der Waals surface area contributed by atoms with E-state index in [9.17, 15) is 4.79 Å². The van der Waals surface area contributed by atoms with Gasteiger partial charge >= 0.3 is 0 Å². The second-order valence-corrected chi connectivity index (χ2v) is 6.84. The van der Waals surface area contributed by atoms with Gasteiger partial charge in [0.1, 0.15) is 5.82 Å². The average Bonchev–Trinajstić information content (AvgIpc) is 3.28. The Hall–Kier alpha value is -2.63. The minimum Gasteiger partial charge on any atom is -0.342 e. The Morgan fingerprint density at radius 2 is 2.32 bits per heavy atom. The van der Waals surface area contributed by atoms with Crippen LogP contribution in [0, 0.1) is 6.92 Å². The van der Waals surface area contributed by atoms with E-state index in [1.54, 1.807) is 10.9 Å². The lowest BCUT2D eigenvalue weighted by atomic mass is 9.97. The first-order chi connectivity index (χ1) is 12.2. The summed E-state index contributed by atoms with van der Waals surface area (Å²) in [5.41, 5.74) is 3.31. The van der Waals surface area contributed by atoms with Gasteiger partial charge in [0.15, 0.2) is 0 Å². The number of nitrogens with one attached hydrogen (secondary N) is 1. The van der Waals surface area contributed by atoms with E-state index in [0.29, 0.717) is 13.0 Å². The van der Waals surface area contributed by atoms with Crippen LogP contribution in [0.15, 0.2) is 36.7 Å². The highest BCUT2D eigenvalue weighted by Gasteiger charge is 2.26. The lowest BCUT2D eigenvalue weighted by molar-refractivity contribution is -0.132. The van der Waals surface area contributed by atoms with E-state index in [4.69, 9.17) is 4.98 Å². The van der Waals surface area contributed by atoms with Crippen LogP contribution < -0.4 is 0 Å². The Kier molecular flexibility index (Phi) is 4.26. The van der Waals surface area contributed by atoms with Crippen LogP contribution in [-0.4, -0.2) is 43.6 Å². The number of likely N-dealkylation sites (tertiary alicyclic amines) is 1. The minimum absolute atomic E-state index is 0.201. The summed E-state index contributed by atoms with van der Waals surface area (Å²) in [7, 11) is 0. The number of piperidine rings is 1. The first-order valence-corrected chi connectivity index (χ1v) is 8.90. The van der Waals surface area contributed by atoms with E-state index in [0.717, 1.165) is 42.8 Å². The van der Waals surface area contributed by atoms with Crippen LogP contribution in [0.2, 0.25) is 0 Å². The van der Waals surface area contributed by atoms with Gasteiger partial charge in [-0.15, -0.1) is 0 Å². The lowest BCUT2D eigenvalue weighted by Gasteiger charge is -2.32. The highest BCUT2D eigenvalue weighted by atomic mass is 16.2. The zero-order chi connectivity index (χ0) is 17.2. The highest BCUT2D eigenvalue weighted by molar-refractivity contribution is 5.77. The van der Waals surface area contributed by atoms with E-state index in [1.807, 2.05) is 17.2 Å². The van der Waals surface area contributed by atoms with Crippen molar-refractivity contribution in [3.8, 4) is 0 Å². The number of rotatable bonds is 4. The molecular weight excluding hydrogens is 314 g/mol. The summed E-state index contributed by atoms with van der Waals surface area (Å²) in [4.78, 5) is 22.7. The summed E-state index contributed by atoms with van der Waals surface area (Å²) >= 11 is 0. The van der Waals surface area contributed by atoms with Crippen molar-refractivity contribution in [1.29, 1.82) is 0 Å². The number of imidazole rings is 1. The van der Waals surface area contributed by atoms with Crippen molar-refractivity contribution in [1.82, 2.24) is 24.6 Å². The maximum Gasteiger partial charge on any atom is 0.224 e. The molecule has 2 aromatic heterocycles. The molecule has 0 spiro atoms. The summed E-state index contributed by atoms with van der Waals surface area (Å²) in [6.45, 7) is 4.31. The SMILES string of the molecule is Cc1ccc2nc(C3CCCN(C(=O)CCn4cccn4)C3)[nH]c2c1. The highest BCUT2D eigenvalue weighted by Crippen LogP contribution is 2.27. The molecule has 130 valence electrons. The summed E-state index contributed by atoms with van der Waals surface area (Å²) in [5, 5.41) is 4.16. The number of aromatic amines is 1. The number of carbonyl (C=O) groups excluding carboxylic acids is 1. The maximum atomic E-state index is 12.5. The number of hydrogen-bond donors (Lipinski definition) is 1. The lowest BCUT2D eigenvalue weighted by Crippen LogP contribution is -2.39. The molecule has 1 saturated heterocycles. The molecule has 1 fully saturated rings. The van der Waals surface area contributed by atoms with Crippen LogP contribution >= 0.6 is 0 Å². The predicted octanol–water partition coefficient (Wildman–Crippen LogP) is 2.86. The number of fused-ring (bicyclic) bond motifs is 1. The zero-order valence-electron chi connectivity index (χ0n) is 14.5. The largest absolute Gasteiger partial charge is 0.342 e. The number of H-pyrrole nitrogens is 1. The molecule has 25 heavy (non-hydrogen) atoms. The molecule has 0 bridgehead atoms. The molecule has 4 rings (SSSR count). The van der Waals surface area contributed by atoms with Gasteiger partial charge in [-0.1, -0.05) is 6.07 Å². The van der Waals surface area contributed by atoms with Crippen molar-refractivity contribution < 1.29 is 4.79 Å². The van der Waals surface area contributed by atoms with Gasteiger partial charge in [0.2, 0.25) is 5.91 Å². The Morgan fingerprint density at radius 1 is 1.40 bits per heavy atom. The topological polar surface area (TPSA) is 66.8 Å². The number of aryl methyl sites for hydroxylation is 2. The zero-order valence-corrected chi connectivity index (χ0v) is 14.5. The molecule has 0 saturated carbocycles. The number of carbonyl (C=O) groups is 1. The summed E-state index contributed by atoms with van der Waals surface area (Å²) in [5.74, 6) is 1.49. The van der Waals surface area contributed by atoms with E-state index in [1.165, 1.54) is 5.56 Å². The van der Waals surface area contributed by atoms with Crippen LogP contribution in [0.4, 0.5) is 0 Å². The fourth-order valence-electron chi connectivity index (χ4n) is 3.56. The number of nitrogens with zero attached hydrogens (tertiary/aromatic N) is 4. The first-order valence-electron chi connectivity index (χ1n) is 8.90. The molecule has 1 amide bonds. The molecule has 1 aromatic carbocycles. The van der Waals surface area contributed by atoms with Gasteiger partial charge in [-0.05, 0) is 43.5 Å². The normalized spacial score (nSPS) is 18.0. The van der Waals surface area contributed by atoms with Crippen LogP contribution in [-0.2, 0) is 11.3 Å². The van der Waals surface area contributed by atoms with Crippen LogP contribution in [0.1, 0.15) is 36.6 Å². The van der Waals surface area contributed by atoms with Gasteiger partial charge in [-0.3, -0.25) is 9.48 Å². The maximum absolute atomic E-state index is 12.5. The van der Waals surface area contributed by atoms with E-state index < -0.39 is 0 Å². The third-order valence-electron chi connectivity index (χ3n) is 4.93. The number of hydrogen-bond acceptors (Lipinski definition) is 3. The van der Waals surface area contributed by atoms with Crippen molar-refractivity contribution in [2.75, 3.05) is 13.1 Å². The molecule has 1 atom stereocenters. The molecule has 6 nitrogen and oxygen atoms in total. The Bertz CT molecular complexity index is 867. The van der Waals surface area contributed by atoms with E-state index in [2.05, 4.69) is 35.2 Å². The molecule has 3 aromatic rings. The van der Waals surface area contributed by atoms with Crippen LogP contribution in [0.3, 0.4) is 0 Å². The van der Waals surface area contributed by atoms with Gasteiger partial charge in [-0.25, -0.2) is 4.98 Å². The minimum atomic E-state index is 0.201. The Labute approximate surface area is 146 Å². The van der Waals surface area contributed by atoms with Crippen molar-refractivity contribution >= 4 is 16.9 Å². The third-order valence-corrected chi connectivity index (χ3v) is 4.93. The molecule has 0 radical (unpaired) electrons. The number of benzene rings is 1. The molecule has 0 aliphatic carbocycles. The quantitative estimate of drug-likeness (QED) is 0.796.